The van der Waals surface area contributed by atoms with Gasteiger partial charge < -0.3 is 9.80 Å². The lowest BCUT2D eigenvalue weighted by Crippen LogP contribution is -3.16. The molecule has 0 bridgehead atoms. The van der Waals surface area contributed by atoms with Crippen LogP contribution >= 0.6 is 0 Å². The Balaban J connectivity index is 1.66. The van der Waals surface area contributed by atoms with E-state index in [1.807, 2.05) is 4.90 Å². The highest BCUT2D eigenvalue weighted by Gasteiger charge is 2.36. The van der Waals surface area contributed by atoms with Gasteiger partial charge in [-0.25, -0.2) is 0 Å². The molecule has 20 heavy (non-hydrogen) atoms. The number of hydrogen-bond acceptors (Lipinski definition) is 1. The lowest BCUT2D eigenvalue weighted by molar-refractivity contribution is -0.949. The molecule has 1 aromatic rings. The highest BCUT2D eigenvalue weighted by Crippen LogP contribution is 2.28. The predicted octanol–water partition coefficient (Wildman–Crippen LogP) is 2.49. The third-order valence-electron chi connectivity index (χ3n) is 5.39. The Morgan fingerprint density at radius 1 is 1.00 bits per heavy atom. The zero-order valence-corrected chi connectivity index (χ0v) is 13.1. The van der Waals surface area contributed by atoms with Crippen molar-refractivity contribution in [2.75, 3.05) is 25.5 Å². The van der Waals surface area contributed by atoms with Crippen molar-refractivity contribution in [3.05, 3.63) is 29.8 Å². The fourth-order valence-corrected chi connectivity index (χ4v) is 4.26. The van der Waals surface area contributed by atoms with Crippen LogP contribution in [0.15, 0.2) is 24.3 Å². The number of rotatable bonds is 3. The van der Waals surface area contributed by atoms with Gasteiger partial charge in [0.2, 0.25) is 0 Å². The third kappa shape index (κ3) is 3.01. The van der Waals surface area contributed by atoms with E-state index in [1.54, 1.807) is 0 Å². The molecule has 0 amide bonds. The molecule has 2 fully saturated rings. The van der Waals surface area contributed by atoms with E-state index in [9.17, 15) is 0 Å². The van der Waals surface area contributed by atoms with Crippen molar-refractivity contribution in [1.82, 2.24) is 0 Å². The van der Waals surface area contributed by atoms with E-state index in [0.29, 0.717) is 0 Å². The van der Waals surface area contributed by atoms with Gasteiger partial charge in [-0.3, -0.25) is 0 Å². The van der Waals surface area contributed by atoms with Crippen LogP contribution in [0.1, 0.15) is 44.1 Å². The van der Waals surface area contributed by atoms with Crippen LogP contribution in [0.2, 0.25) is 0 Å². The number of anilines is 1. The molecule has 1 saturated carbocycles. The standard InChI is InChI=1S/C18H28N2/c1-19(2)17-11-9-15(10-12-17)14-20-13-5-7-16-6-3-4-8-18(16)20/h9-12,16,18H,3-8,13-14H2,1-2H3/p+1/t16-,18-/m0/s1. The molecule has 0 spiro atoms. The third-order valence-corrected chi connectivity index (χ3v) is 5.39. The minimum Gasteiger partial charge on any atom is -0.378 e. The zero-order chi connectivity index (χ0) is 13.9. The van der Waals surface area contributed by atoms with Crippen molar-refractivity contribution < 1.29 is 4.90 Å². The van der Waals surface area contributed by atoms with E-state index < -0.39 is 0 Å². The van der Waals surface area contributed by atoms with E-state index in [4.69, 9.17) is 0 Å². The van der Waals surface area contributed by atoms with Crippen LogP contribution in [0.5, 0.6) is 0 Å². The Hall–Kier alpha value is -1.02. The first-order valence-electron chi connectivity index (χ1n) is 8.35. The summed E-state index contributed by atoms with van der Waals surface area (Å²) in [5.41, 5.74) is 2.81. The summed E-state index contributed by atoms with van der Waals surface area (Å²) in [7, 11) is 4.22. The first-order valence-corrected chi connectivity index (χ1v) is 8.35. The number of fused-ring (bicyclic) bond motifs is 1. The van der Waals surface area contributed by atoms with Gasteiger partial charge in [-0.1, -0.05) is 18.6 Å². The van der Waals surface area contributed by atoms with Gasteiger partial charge in [0, 0.05) is 31.3 Å². The van der Waals surface area contributed by atoms with Gasteiger partial charge in [0.25, 0.3) is 0 Å². The zero-order valence-electron chi connectivity index (χ0n) is 13.1. The second-order valence-electron chi connectivity index (χ2n) is 6.94. The molecule has 110 valence electrons. The number of piperidine rings is 1. The lowest BCUT2D eigenvalue weighted by Gasteiger charge is -2.41. The largest absolute Gasteiger partial charge is 0.378 e. The SMILES string of the molecule is CN(C)c1ccc(C[NH+]2CCC[C@@H]3CCCC[C@@H]32)cc1. The van der Waals surface area contributed by atoms with Gasteiger partial charge in [-0.2, -0.15) is 0 Å². The van der Waals surface area contributed by atoms with Crippen LogP contribution in [0.4, 0.5) is 5.69 Å². The molecule has 1 aliphatic heterocycles. The summed E-state index contributed by atoms with van der Waals surface area (Å²) in [4.78, 5) is 4.04. The van der Waals surface area contributed by atoms with Gasteiger partial charge in [0.15, 0.2) is 0 Å². The maximum Gasteiger partial charge on any atom is 0.103 e. The Labute approximate surface area is 123 Å². The van der Waals surface area contributed by atoms with Gasteiger partial charge in [-0.05, 0) is 44.2 Å². The quantitative estimate of drug-likeness (QED) is 0.889. The smallest absolute Gasteiger partial charge is 0.103 e. The second-order valence-corrected chi connectivity index (χ2v) is 6.94. The molecule has 1 N–H and O–H groups in total. The lowest BCUT2D eigenvalue weighted by atomic mass is 9.78. The Bertz CT molecular complexity index is 422. The van der Waals surface area contributed by atoms with Crippen LogP contribution in [-0.2, 0) is 6.54 Å². The molecule has 2 heteroatoms. The summed E-state index contributed by atoms with van der Waals surface area (Å²) in [6.45, 7) is 2.62. The molecule has 3 atom stereocenters. The molecule has 0 aromatic heterocycles. The molecule has 0 radical (unpaired) electrons. The highest BCUT2D eigenvalue weighted by molar-refractivity contribution is 5.45. The average Bonchev–Trinajstić information content (AvgIpc) is 2.48. The van der Waals surface area contributed by atoms with Crippen molar-refractivity contribution >= 4 is 5.69 Å². The number of nitrogens with one attached hydrogen (secondary N) is 1. The van der Waals surface area contributed by atoms with E-state index >= 15 is 0 Å². The van der Waals surface area contributed by atoms with E-state index in [0.717, 1.165) is 12.0 Å². The summed E-state index contributed by atoms with van der Waals surface area (Å²) in [5, 5.41) is 0. The molecule has 3 rings (SSSR count). The van der Waals surface area contributed by atoms with Gasteiger partial charge in [0.1, 0.15) is 6.54 Å². The summed E-state index contributed by atoms with van der Waals surface area (Å²) in [6, 6.07) is 10.1. The first kappa shape index (κ1) is 13.9. The van der Waals surface area contributed by atoms with Crippen LogP contribution in [0.3, 0.4) is 0 Å². The molecule has 1 heterocycles. The molecule has 1 saturated heterocycles. The Morgan fingerprint density at radius 3 is 2.45 bits per heavy atom. The fourth-order valence-electron chi connectivity index (χ4n) is 4.26. The normalized spacial score (nSPS) is 29.8. The van der Waals surface area contributed by atoms with Crippen LogP contribution < -0.4 is 9.80 Å². The monoisotopic (exact) mass is 273 g/mol. The summed E-state index contributed by atoms with van der Waals surface area (Å²) in [6.07, 6.45) is 8.83. The Kier molecular flexibility index (Phi) is 4.30. The molecule has 2 nitrogen and oxygen atoms in total. The highest BCUT2D eigenvalue weighted by atomic mass is 15.2. The maximum atomic E-state index is 2.33. The number of benzene rings is 1. The fraction of sp³-hybridized carbons (Fsp3) is 0.667. The van der Waals surface area contributed by atoms with E-state index in [-0.39, 0.29) is 0 Å². The number of nitrogens with zero attached hydrogens (tertiary/aromatic N) is 1. The maximum absolute atomic E-state index is 2.33. The van der Waals surface area contributed by atoms with Gasteiger partial charge in [0.05, 0.1) is 12.6 Å². The summed E-state index contributed by atoms with van der Waals surface area (Å²) >= 11 is 0. The Morgan fingerprint density at radius 2 is 1.70 bits per heavy atom. The van der Waals surface area contributed by atoms with Crippen molar-refractivity contribution in [3.8, 4) is 0 Å². The first-order chi connectivity index (χ1) is 9.74. The minimum atomic E-state index is 0.950. The molecule has 1 aromatic carbocycles. The van der Waals surface area contributed by atoms with Crippen molar-refractivity contribution in [1.29, 1.82) is 0 Å². The number of hydrogen-bond donors (Lipinski definition) is 1. The van der Waals surface area contributed by atoms with E-state index in [2.05, 4.69) is 43.3 Å². The van der Waals surface area contributed by atoms with Crippen LogP contribution in [0.25, 0.3) is 0 Å². The number of quaternary nitrogens is 1. The molecule has 1 unspecified atom stereocenters. The molecule has 1 aliphatic carbocycles. The van der Waals surface area contributed by atoms with E-state index in [1.165, 1.54) is 62.9 Å². The van der Waals surface area contributed by atoms with Gasteiger partial charge in [-0.15, -0.1) is 0 Å². The molecular weight excluding hydrogens is 244 g/mol. The average molecular weight is 273 g/mol. The van der Waals surface area contributed by atoms with Crippen LogP contribution in [-0.4, -0.2) is 26.7 Å². The summed E-state index contributed by atoms with van der Waals surface area (Å²) in [5.74, 6) is 1.02. The van der Waals surface area contributed by atoms with Gasteiger partial charge >= 0.3 is 0 Å². The summed E-state index contributed by atoms with van der Waals surface area (Å²) < 4.78 is 0. The van der Waals surface area contributed by atoms with Crippen molar-refractivity contribution in [2.24, 2.45) is 5.92 Å². The molecular formula is C18H29N2+. The molecule has 2 aliphatic rings. The van der Waals surface area contributed by atoms with Crippen molar-refractivity contribution in [3.63, 3.8) is 0 Å². The topological polar surface area (TPSA) is 7.68 Å². The number of likely N-dealkylation sites (tertiary alicyclic amines) is 1. The second kappa shape index (κ2) is 6.17. The van der Waals surface area contributed by atoms with Crippen molar-refractivity contribution in [2.45, 2.75) is 51.1 Å². The van der Waals surface area contributed by atoms with Crippen LogP contribution in [0, 0.1) is 5.92 Å². The predicted molar refractivity (Wildman–Crippen MR) is 85.3 cm³/mol. The minimum absolute atomic E-state index is 0.950.